The zero-order valence-electron chi connectivity index (χ0n) is 11.8. The molecule has 22 heavy (non-hydrogen) atoms. The fraction of sp³-hybridized carbons (Fsp3) is 0.0556. The SMILES string of the molecule is Cc1ccccc1-c1nc2c(o1)C(=O)c1ccccc1C2=O. The van der Waals surface area contributed by atoms with Crippen molar-refractivity contribution in [3.05, 3.63) is 76.7 Å². The molecule has 0 aliphatic heterocycles. The first-order chi connectivity index (χ1) is 10.7. The molecule has 4 heteroatoms. The highest BCUT2D eigenvalue weighted by Crippen LogP contribution is 2.31. The second kappa shape index (κ2) is 4.49. The van der Waals surface area contributed by atoms with Gasteiger partial charge in [0.25, 0.3) is 0 Å². The van der Waals surface area contributed by atoms with Crippen LogP contribution in [-0.4, -0.2) is 16.6 Å². The number of carbonyl (C=O) groups excluding carboxylic acids is 2. The molecule has 1 aliphatic rings. The van der Waals surface area contributed by atoms with E-state index in [2.05, 4.69) is 4.98 Å². The van der Waals surface area contributed by atoms with Gasteiger partial charge in [0.2, 0.25) is 23.2 Å². The van der Waals surface area contributed by atoms with Gasteiger partial charge in [-0.15, -0.1) is 0 Å². The van der Waals surface area contributed by atoms with Crippen molar-refractivity contribution < 1.29 is 14.0 Å². The van der Waals surface area contributed by atoms with Crippen molar-refractivity contribution in [1.82, 2.24) is 4.98 Å². The van der Waals surface area contributed by atoms with Crippen LogP contribution >= 0.6 is 0 Å². The molecule has 0 saturated carbocycles. The molecule has 1 aliphatic carbocycles. The number of oxazole rings is 1. The van der Waals surface area contributed by atoms with Gasteiger partial charge in [-0.1, -0.05) is 42.5 Å². The number of benzene rings is 2. The predicted molar refractivity (Wildman–Crippen MR) is 80.0 cm³/mol. The summed E-state index contributed by atoms with van der Waals surface area (Å²) in [6.45, 7) is 1.93. The number of hydrogen-bond acceptors (Lipinski definition) is 4. The van der Waals surface area contributed by atoms with Gasteiger partial charge in [-0.3, -0.25) is 9.59 Å². The van der Waals surface area contributed by atoms with E-state index in [4.69, 9.17) is 4.42 Å². The van der Waals surface area contributed by atoms with E-state index in [0.717, 1.165) is 11.1 Å². The first kappa shape index (κ1) is 12.7. The van der Waals surface area contributed by atoms with E-state index in [1.54, 1.807) is 24.3 Å². The van der Waals surface area contributed by atoms with Gasteiger partial charge in [0, 0.05) is 16.7 Å². The number of carbonyl (C=O) groups is 2. The van der Waals surface area contributed by atoms with Crippen LogP contribution < -0.4 is 0 Å². The molecule has 3 aromatic rings. The van der Waals surface area contributed by atoms with E-state index in [-0.39, 0.29) is 23.0 Å². The summed E-state index contributed by atoms with van der Waals surface area (Å²) in [5.41, 5.74) is 2.60. The molecular weight excluding hydrogens is 278 g/mol. The molecule has 2 aromatic carbocycles. The molecule has 4 rings (SSSR count). The minimum Gasteiger partial charge on any atom is -0.432 e. The highest BCUT2D eigenvalue weighted by Gasteiger charge is 2.35. The summed E-state index contributed by atoms with van der Waals surface area (Å²) in [4.78, 5) is 29.3. The lowest BCUT2D eigenvalue weighted by Crippen LogP contribution is -2.19. The van der Waals surface area contributed by atoms with Gasteiger partial charge in [0.15, 0.2) is 5.69 Å². The van der Waals surface area contributed by atoms with Gasteiger partial charge in [-0.25, -0.2) is 4.98 Å². The third-order valence-electron chi connectivity index (χ3n) is 3.84. The number of fused-ring (bicyclic) bond motifs is 2. The topological polar surface area (TPSA) is 60.2 Å². The van der Waals surface area contributed by atoms with Crippen molar-refractivity contribution in [3.8, 4) is 11.5 Å². The number of nitrogens with zero attached hydrogens (tertiary/aromatic N) is 1. The first-order valence-corrected chi connectivity index (χ1v) is 6.92. The Balaban J connectivity index is 1.93. The van der Waals surface area contributed by atoms with Crippen LogP contribution in [0.2, 0.25) is 0 Å². The fourth-order valence-electron chi connectivity index (χ4n) is 2.68. The summed E-state index contributed by atoms with van der Waals surface area (Å²) < 4.78 is 5.63. The summed E-state index contributed by atoms with van der Waals surface area (Å²) in [5, 5.41) is 0. The molecule has 0 amide bonds. The summed E-state index contributed by atoms with van der Waals surface area (Å²) in [6, 6.07) is 14.3. The Hall–Kier alpha value is -3.01. The maximum atomic E-state index is 12.5. The van der Waals surface area contributed by atoms with Crippen LogP contribution in [0.15, 0.2) is 52.9 Å². The van der Waals surface area contributed by atoms with Crippen LogP contribution in [0.1, 0.15) is 37.7 Å². The molecule has 0 N–H and O–H groups in total. The smallest absolute Gasteiger partial charge is 0.231 e. The van der Waals surface area contributed by atoms with Crippen molar-refractivity contribution in [2.75, 3.05) is 0 Å². The molecule has 1 heterocycles. The highest BCUT2D eigenvalue weighted by molar-refractivity contribution is 6.26. The van der Waals surface area contributed by atoms with Crippen LogP contribution in [-0.2, 0) is 0 Å². The third kappa shape index (κ3) is 1.67. The number of rotatable bonds is 1. The van der Waals surface area contributed by atoms with E-state index in [1.807, 2.05) is 31.2 Å². The van der Waals surface area contributed by atoms with Gasteiger partial charge in [-0.05, 0) is 18.6 Å². The molecule has 1 aromatic heterocycles. The third-order valence-corrected chi connectivity index (χ3v) is 3.84. The van der Waals surface area contributed by atoms with Crippen LogP contribution in [0.5, 0.6) is 0 Å². The Morgan fingerprint density at radius 1 is 0.818 bits per heavy atom. The normalized spacial score (nSPS) is 13.0. The summed E-state index contributed by atoms with van der Waals surface area (Å²) in [7, 11) is 0. The van der Waals surface area contributed by atoms with Crippen molar-refractivity contribution in [3.63, 3.8) is 0 Å². The van der Waals surface area contributed by atoms with Crippen LogP contribution in [0, 0.1) is 6.92 Å². The van der Waals surface area contributed by atoms with Gasteiger partial charge < -0.3 is 4.42 Å². The fourth-order valence-corrected chi connectivity index (χ4v) is 2.68. The molecule has 0 atom stereocenters. The van der Waals surface area contributed by atoms with Crippen molar-refractivity contribution >= 4 is 11.6 Å². The Morgan fingerprint density at radius 3 is 2.09 bits per heavy atom. The average Bonchev–Trinajstić information content (AvgIpc) is 2.98. The summed E-state index contributed by atoms with van der Waals surface area (Å²) in [6.07, 6.45) is 0. The lowest BCUT2D eigenvalue weighted by molar-refractivity contribution is 0.0959. The molecule has 106 valence electrons. The van der Waals surface area contributed by atoms with E-state index in [1.165, 1.54) is 0 Å². The molecule has 0 unspecified atom stereocenters. The minimum atomic E-state index is -0.294. The molecular formula is C18H11NO3. The second-order valence-corrected chi connectivity index (χ2v) is 5.22. The second-order valence-electron chi connectivity index (χ2n) is 5.22. The maximum absolute atomic E-state index is 12.5. The number of hydrogen-bond donors (Lipinski definition) is 0. The Kier molecular flexibility index (Phi) is 2.60. The average molecular weight is 289 g/mol. The van der Waals surface area contributed by atoms with Crippen LogP contribution in [0.3, 0.4) is 0 Å². The zero-order chi connectivity index (χ0) is 15.3. The Labute approximate surface area is 126 Å². The zero-order valence-corrected chi connectivity index (χ0v) is 11.8. The Morgan fingerprint density at radius 2 is 1.41 bits per heavy atom. The number of ketones is 2. The van der Waals surface area contributed by atoms with E-state index >= 15 is 0 Å². The summed E-state index contributed by atoms with van der Waals surface area (Å²) in [5.74, 6) is -0.231. The van der Waals surface area contributed by atoms with Crippen molar-refractivity contribution in [2.45, 2.75) is 6.92 Å². The van der Waals surface area contributed by atoms with Crippen molar-refractivity contribution in [2.24, 2.45) is 0 Å². The van der Waals surface area contributed by atoms with Gasteiger partial charge in [0.05, 0.1) is 0 Å². The standard InChI is InChI=1S/C18H11NO3/c1-10-6-2-3-7-11(10)18-19-14-15(20)12-8-4-5-9-13(12)16(21)17(14)22-18/h2-9H,1H3. The Bertz CT molecular complexity index is 885. The van der Waals surface area contributed by atoms with Gasteiger partial charge in [0.1, 0.15) is 0 Å². The van der Waals surface area contributed by atoms with Crippen LogP contribution in [0.4, 0.5) is 0 Å². The molecule has 0 bridgehead atoms. The monoisotopic (exact) mass is 289 g/mol. The van der Waals surface area contributed by atoms with E-state index < -0.39 is 0 Å². The first-order valence-electron chi connectivity index (χ1n) is 6.92. The molecule has 4 nitrogen and oxygen atoms in total. The predicted octanol–water partition coefficient (Wildman–Crippen LogP) is 3.43. The lowest BCUT2D eigenvalue weighted by atomic mass is 9.91. The highest BCUT2D eigenvalue weighted by atomic mass is 16.4. The largest absolute Gasteiger partial charge is 0.432 e. The van der Waals surface area contributed by atoms with Gasteiger partial charge in [-0.2, -0.15) is 0 Å². The molecule has 0 spiro atoms. The van der Waals surface area contributed by atoms with Crippen molar-refractivity contribution in [1.29, 1.82) is 0 Å². The number of aryl methyl sites for hydroxylation is 1. The van der Waals surface area contributed by atoms with E-state index in [9.17, 15) is 9.59 Å². The molecule has 0 fully saturated rings. The van der Waals surface area contributed by atoms with E-state index in [0.29, 0.717) is 17.0 Å². The van der Waals surface area contributed by atoms with Gasteiger partial charge >= 0.3 is 0 Å². The molecule has 0 saturated heterocycles. The quantitative estimate of drug-likeness (QED) is 0.538. The minimum absolute atomic E-state index is 0.0296. The maximum Gasteiger partial charge on any atom is 0.231 e. The summed E-state index contributed by atoms with van der Waals surface area (Å²) >= 11 is 0. The van der Waals surface area contributed by atoms with Crippen LogP contribution in [0.25, 0.3) is 11.5 Å². The lowest BCUT2D eigenvalue weighted by Gasteiger charge is -2.10. The number of aromatic nitrogens is 1. The molecule has 0 radical (unpaired) electrons.